The Kier molecular flexibility index (Phi) is 6.29. The van der Waals surface area contributed by atoms with E-state index in [0.29, 0.717) is 25.7 Å². The van der Waals surface area contributed by atoms with E-state index in [0.717, 1.165) is 6.07 Å². The SMILES string of the molecule is N#CCCCOC(=O)C1CCN(S(=O)(=O)c2ccccc2F)CC1. The molecule has 0 aliphatic carbocycles. The molecule has 1 aliphatic rings. The summed E-state index contributed by atoms with van der Waals surface area (Å²) >= 11 is 0. The lowest BCUT2D eigenvalue weighted by Crippen LogP contribution is -2.40. The molecule has 0 unspecified atom stereocenters. The van der Waals surface area contributed by atoms with E-state index in [1.165, 1.54) is 22.5 Å². The van der Waals surface area contributed by atoms with Gasteiger partial charge in [0.1, 0.15) is 10.7 Å². The lowest BCUT2D eigenvalue weighted by molar-refractivity contribution is -0.149. The topological polar surface area (TPSA) is 87.5 Å². The number of hydrogen-bond acceptors (Lipinski definition) is 5. The van der Waals surface area contributed by atoms with Gasteiger partial charge in [0.25, 0.3) is 0 Å². The van der Waals surface area contributed by atoms with Crippen molar-refractivity contribution in [3.8, 4) is 6.07 Å². The summed E-state index contributed by atoms with van der Waals surface area (Å²) in [5.41, 5.74) is 0. The van der Waals surface area contributed by atoms with Gasteiger partial charge in [-0.2, -0.15) is 9.57 Å². The number of unbranched alkanes of at least 4 members (excludes halogenated alkanes) is 1. The van der Waals surface area contributed by atoms with Gasteiger partial charge in [-0.05, 0) is 31.4 Å². The Morgan fingerprint density at radius 3 is 2.62 bits per heavy atom. The average Bonchev–Trinajstić information content (AvgIpc) is 2.59. The smallest absolute Gasteiger partial charge is 0.309 e. The number of ether oxygens (including phenoxy) is 1. The first-order valence-corrected chi connectivity index (χ1v) is 9.19. The Bertz CT molecular complexity index is 722. The maximum atomic E-state index is 13.7. The highest BCUT2D eigenvalue weighted by molar-refractivity contribution is 7.89. The minimum Gasteiger partial charge on any atom is -0.465 e. The first-order chi connectivity index (χ1) is 11.5. The number of nitriles is 1. The van der Waals surface area contributed by atoms with Gasteiger partial charge in [-0.15, -0.1) is 0 Å². The molecular formula is C16H19FN2O4S. The number of benzene rings is 1. The molecule has 130 valence electrons. The third-order valence-corrected chi connectivity index (χ3v) is 5.85. The molecule has 1 saturated heterocycles. The molecule has 0 radical (unpaired) electrons. The molecule has 0 amide bonds. The van der Waals surface area contributed by atoms with Crippen molar-refractivity contribution in [2.24, 2.45) is 5.92 Å². The lowest BCUT2D eigenvalue weighted by atomic mass is 9.98. The van der Waals surface area contributed by atoms with Gasteiger partial charge in [0.2, 0.25) is 10.0 Å². The Labute approximate surface area is 140 Å². The van der Waals surface area contributed by atoms with Crippen LogP contribution in [0.5, 0.6) is 0 Å². The fraction of sp³-hybridized carbons (Fsp3) is 0.500. The number of carbonyl (C=O) groups excluding carboxylic acids is 1. The van der Waals surface area contributed by atoms with Crippen LogP contribution in [0.2, 0.25) is 0 Å². The van der Waals surface area contributed by atoms with Crippen LogP contribution >= 0.6 is 0 Å². The van der Waals surface area contributed by atoms with Crippen LogP contribution in [0, 0.1) is 23.1 Å². The van der Waals surface area contributed by atoms with E-state index in [-0.39, 0.29) is 36.5 Å². The summed E-state index contributed by atoms with van der Waals surface area (Å²) in [7, 11) is -3.90. The molecule has 1 aliphatic heterocycles. The third-order valence-electron chi connectivity index (χ3n) is 3.92. The maximum absolute atomic E-state index is 13.7. The van der Waals surface area contributed by atoms with Crippen molar-refractivity contribution in [2.45, 2.75) is 30.6 Å². The first kappa shape index (κ1) is 18.4. The number of halogens is 1. The fourth-order valence-electron chi connectivity index (χ4n) is 2.57. The van der Waals surface area contributed by atoms with E-state index in [2.05, 4.69) is 0 Å². The monoisotopic (exact) mass is 354 g/mol. The molecule has 0 spiro atoms. The third kappa shape index (κ3) is 4.30. The molecule has 0 atom stereocenters. The van der Waals surface area contributed by atoms with E-state index in [1.54, 1.807) is 0 Å². The standard InChI is InChI=1S/C16H19FN2O4S/c17-14-5-1-2-6-15(14)24(21,22)19-10-7-13(8-11-19)16(20)23-12-4-3-9-18/h1-2,5-6,13H,3-4,7-8,10-12H2. The summed E-state index contributed by atoms with van der Waals surface area (Å²) in [6.45, 7) is 0.489. The van der Waals surface area contributed by atoms with Crippen molar-refractivity contribution in [3.63, 3.8) is 0 Å². The highest BCUT2D eigenvalue weighted by Crippen LogP contribution is 2.25. The van der Waals surface area contributed by atoms with Gasteiger partial charge >= 0.3 is 5.97 Å². The van der Waals surface area contributed by atoms with E-state index < -0.39 is 15.8 Å². The number of piperidine rings is 1. The van der Waals surface area contributed by atoms with Crippen LogP contribution in [0.3, 0.4) is 0 Å². The number of sulfonamides is 1. The van der Waals surface area contributed by atoms with Crippen LogP contribution in [-0.4, -0.2) is 38.4 Å². The number of rotatable bonds is 6. The first-order valence-electron chi connectivity index (χ1n) is 7.75. The molecular weight excluding hydrogens is 335 g/mol. The molecule has 8 heteroatoms. The molecule has 1 aromatic rings. The second-order valence-electron chi connectivity index (χ2n) is 5.54. The molecule has 1 aromatic carbocycles. The molecule has 24 heavy (non-hydrogen) atoms. The maximum Gasteiger partial charge on any atom is 0.309 e. The zero-order valence-corrected chi connectivity index (χ0v) is 14.0. The molecule has 1 fully saturated rings. The van der Waals surface area contributed by atoms with Crippen LogP contribution < -0.4 is 0 Å². The van der Waals surface area contributed by atoms with Crippen LogP contribution in [0.1, 0.15) is 25.7 Å². The lowest BCUT2D eigenvalue weighted by Gasteiger charge is -2.30. The summed E-state index contributed by atoms with van der Waals surface area (Å²) in [4.78, 5) is 11.6. The second kappa shape index (κ2) is 8.22. The van der Waals surface area contributed by atoms with Gasteiger partial charge < -0.3 is 4.74 Å². The fourth-order valence-corrected chi connectivity index (χ4v) is 4.10. The van der Waals surface area contributed by atoms with Crippen molar-refractivity contribution < 1.29 is 22.3 Å². The minimum atomic E-state index is -3.90. The van der Waals surface area contributed by atoms with E-state index in [1.807, 2.05) is 6.07 Å². The summed E-state index contributed by atoms with van der Waals surface area (Å²) in [6, 6.07) is 7.22. The molecule has 1 heterocycles. The van der Waals surface area contributed by atoms with Crippen LogP contribution in [0.25, 0.3) is 0 Å². The zero-order valence-electron chi connectivity index (χ0n) is 13.2. The van der Waals surface area contributed by atoms with Crippen molar-refractivity contribution in [3.05, 3.63) is 30.1 Å². The van der Waals surface area contributed by atoms with Crippen molar-refractivity contribution in [1.82, 2.24) is 4.31 Å². The van der Waals surface area contributed by atoms with Crippen LogP contribution in [0.4, 0.5) is 4.39 Å². The predicted molar refractivity (Wildman–Crippen MR) is 83.7 cm³/mol. The molecule has 2 rings (SSSR count). The molecule has 0 bridgehead atoms. The van der Waals surface area contributed by atoms with Gasteiger partial charge in [-0.25, -0.2) is 12.8 Å². The van der Waals surface area contributed by atoms with E-state index in [4.69, 9.17) is 10.00 Å². The largest absolute Gasteiger partial charge is 0.465 e. The molecule has 0 saturated carbocycles. The van der Waals surface area contributed by atoms with Gasteiger partial charge in [0.05, 0.1) is 18.6 Å². The highest BCUT2D eigenvalue weighted by atomic mass is 32.2. The van der Waals surface area contributed by atoms with Gasteiger partial charge in [0, 0.05) is 19.5 Å². The number of esters is 1. The minimum absolute atomic E-state index is 0.147. The summed E-state index contributed by atoms with van der Waals surface area (Å²) in [6.07, 6.45) is 1.49. The van der Waals surface area contributed by atoms with Gasteiger partial charge in [0.15, 0.2) is 0 Å². The van der Waals surface area contributed by atoms with Gasteiger partial charge in [-0.3, -0.25) is 4.79 Å². The Morgan fingerprint density at radius 2 is 2.00 bits per heavy atom. The normalized spacial score (nSPS) is 16.5. The Hall–Kier alpha value is -1.98. The highest BCUT2D eigenvalue weighted by Gasteiger charge is 2.33. The van der Waals surface area contributed by atoms with Crippen LogP contribution in [0.15, 0.2) is 29.2 Å². The van der Waals surface area contributed by atoms with Crippen molar-refractivity contribution >= 4 is 16.0 Å². The van der Waals surface area contributed by atoms with Gasteiger partial charge in [-0.1, -0.05) is 12.1 Å². The van der Waals surface area contributed by atoms with Crippen LogP contribution in [-0.2, 0) is 19.6 Å². The molecule has 0 N–H and O–H groups in total. The quantitative estimate of drug-likeness (QED) is 0.576. The van der Waals surface area contributed by atoms with E-state index >= 15 is 0 Å². The summed E-state index contributed by atoms with van der Waals surface area (Å²) in [5.74, 6) is -1.51. The summed E-state index contributed by atoms with van der Waals surface area (Å²) in [5, 5.41) is 8.42. The molecule has 0 aromatic heterocycles. The average molecular weight is 354 g/mol. The zero-order chi connectivity index (χ0) is 17.6. The number of nitrogens with zero attached hydrogens (tertiary/aromatic N) is 2. The second-order valence-corrected chi connectivity index (χ2v) is 7.44. The Balaban J connectivity index is 1.92. The van der Waals surface area contributed by atoms with Crippen molar-refractivity contribution in [2.75, 3.05) is 19.7 Å². The molecule has 6 nitrogen and oxygen atoms in total. The summed E-state index contributed by atoms with van der Waals surface area (Å²) < 4.78 is 45.0. The number of carbonyl (C=O) groups is 1. The van der Waals surface area contributed by atoms with E-state index in [9.17, 15) is 17.6 Å². The van der Waals surface area contributed by atoms with Crippen molar-refractivity contribution in [1.29, 1.82) is 5.26 Å². The Morgan fingerprint density at radius 1 is 1.33 bits per heavy atom. The predicted octanol–water partition coefficient (Wildman–Crippen LogP) is 2.07. The number of hydrogen-bond donors (Lipinski definition) is 0.